The maximum atomic E-state index is 14.0. The Morgan fingerprint density at radius 3 is 1.89 bits per heavy atom. The summed E-state index contributed by atoms with van der Waals surface area (Å²) in [5, 5.41) is -0.121. The van der Waals surface area contributed by atoms with Gasteiger partial charge in [0.1, 0.15) is 0 Å². The van der Waals surface area contributed by atoms with E-state index in [9.17, 15) is 14.4 Å². The van der Waals surface area contributed by atoms with Gasteiger partial charge in [-0.3, -0.25) is 9.59 Å². The number of ether oxygens (including phenoxy) is 2. The van der Waals surface area contributed by atoms with Crippen LogP contribution in [-0.2, 0) is 14.3 Å². The summed E-state index contributed by atoms with van der Waals surface area (Å²) in [4.78, 5) is 46.2. The zero-order chi connectivity index (χ0) is 26.6. The van der Waals surface area contributed by atoms with Crippen molar-refractivity contribution in [3.63, 3.8) is 0 Å². The highest BCUT2D eigenvalue weighted by atomic mass is 79.9. The van der Waals surface area contributed by atoms with Crippen LogP contribution in [0.2, 0.25) is 0 Å². The summed E-state index contributed by atoms with van der Waals surface area (Å²) in [6.45, 7) is 5.51. The fourth-order valence-electron chi connectivity index (χ4n) is 4.25. The summed E-state index contributed by atoms with van der Waals surface area (Å²) >= 11 is 3.38. The van der Waals surface area contributed by atoms with Gasteiger partial charge in [0, 0.05) is 11.1 Å². The summed E-state index contributed by atoms with van der Waals surface area (Å²) in [6, 6.07) is 22.7. The Labute approximate surface area is 224 Å². The molecule has 0 amide bonds. The average Bonchev–Trinajstić information content (AvgIpc) is 3.26. The fourth-order valence-corrected chi connectivity index (χ4v) is 4.88. The van der Waals surface area contributed by atoms with E-state index in [1.165, 1.54) is 0 Å². The van der Waals surface area contributed by atoms with Crippen LogP contribution in [0.3, 0.4) is 0 Å². The largest absolute Gasteiger partial charge is 0.463 e. The predicted octanol–water partition coefficient (Wildman–Crippen LogP) is 6.12. The van der Waals surface area contributed by atoms with Crippen LogP contribution >= 0.6 is 15.9 Å². The first kappa shape index (κ1) is 26.2. The van der Waals surface area contributed by atoms with Gasteiger partial charge in [-0.1, -0.05) is 94.8 Å². The molecule has 6 nitrogen and oxygen atoms in total. The number of rotatable bonds is 8. The Bertz CT molecular complexity index is 1390. The van der Waals surface area contributed by atoms with Crippen LogP contribution in [0.5, 0.6) is 0 Å². The lowest BCUT2D eigenvalue weighted by Gasteiger charge is -2.26. The lowest BCUT2D eigenvalue weighted by atomic mass is 9.85. The van der Waals surface area contributed by atoms with E-state index in [1.54, 1.807) is 67.6 Å². The Morgan fingerprint density at radius 1 is 0.838 bits per heavy atom. The molecule has 4 rings (SSSR count). The molecule has 0 aliphatic carbocycles. The molecule has 188 valence electrons. The maximum Gasteiger partial charge on any atom is 0.356 e. The molecular weight excluding hydrogens is 534 g/mol. The van der Waals surface area contributed by atoms with Crippen molar-refractivity contribution in [2.24, 2.45) is 4.99 Å². The van der Waals surface area contributed by atoms with E-state index in [0.29, 0.717) is 16.8 Å². The number of hydrogen-bond acceptors (Lipinski definition) is 6. The van der Waals surface area contributed by atoms with Gasteiger partial charge >= 0.3 is 5.97 Å². The van der Waals surface area contributed by atoms with Crippen molar-refractivity contribution in [3.05, 3.63) is 112 Å². The number of Topliss-reactive ketones (excluding diaryl/α,β-unsaturated/α-hetero) is 2. The summed E-state index contributed by atoms with van der Waals surface area (Å²) in [5.74, 6) is -1.87. The van der Waals surface area contributed by atoms with Gasteiger partial charge in [0.15, 0.2) is 11.6 Å². The Balaban J connectivity index is 2.07. The van der Waals surface area contributed by atoms with Crippen molar-refractivity contribution in [2.45, 2.75) is 26.4 Å². The topological polar surface area (TPSA) is 82.0 Å². The molecule has 0 N–H and O–H groups in total. The summed E-state index contributed by atoms with van der Waals surface area (Å²) < 4.78 is 11.6. The third kappa shape index (κ3) is 4.91. The van der Waals surface area contributed by atoms with E-state index in [0.717, 1.165) is 11.1 Å². The molecule has 3 aromatic rings. The van der Waals surface area contributed by atoms with Crippen LogP contribution in [0.15, 0.2) is 95.0 Å². The number of hydrogen-bond donors (Lipinski definition) is 0. The first-order valence-electron chi connectivity index (χ1n) is 11.9. The Morgan fingerprint density at radius 2 is 1.38 bits per heavy atom. The average molecular weight is 560 g/mol. The quantitative estimate of drug-likeness (QED) is 0.188. The summed E-state index contributed by atoms with van der Waals surface area (Å²) in [7, 11) is 0. The highest BCUT2D eigenvalue weighted by molar-refractivity contribution is 9.09. The van der Waals surface area contributed by atoms with E-state index in [-0.39, 0.29) is 29.0 Å². The lowest BCUT2D eigenvalue weighted by molar-refractivity contribution is -0.156. The minimum Gasteiger partial charge on any atom is -0.463 e. The highest BCUT2D eigenvalue weighted by Gasteiger charge is 2.57. The number of esters is 1. The van der Waals surface area contributed by atoms with Crippen LogP contribution in [0.1, 0.15) is 38.8 Å². The van der Waals surface area contributed by atoms with Crippen LogP contribution in [0.4, 0.5) is 5.69 Å². The number of halogens is 1. The number of aliphatic imine (C=N–C) groups is 1. The van der Waals surface area contributed by atoms with Gasteiger partial charge in [-0.05, 0) is 31.9 Å². The van der Waals surface area contributed by atoms with E-state index in [4.69, 9.17) is 14.5 Å². The molecule has 0 bridgehead atoms. The number of para-hydroxylation sites is 1. The van der Waals surface area contributed by atoms with Crippen molar-refractivity contribution in [2.75, 3.05) is 11.9 Å². The molecule has 1 atom stereocenters. The van der Waals surface area contributed by atoms with Gasteiger partial charge in [-0.2, -0.15) is 0 Å². The van der Waals surface area contributed by atoms with Crippen molar-refractivity contribution < 1.29 is 23.9 Å². The van der Waals surface area contributed by atoms with E-state index in [2.05, 4.69) is 15.9 Å². The smallest absolute Gasteiger partial charge is 0.356 e. The molecule has 0 aromatic heterocycles. The molecule has 0 fully saturated rings. The third-order valence-electron chi connectivity index (χ3n) is 6.11. The number of nitrogens with zero attached hydrogens (tertiary/aromatic N) is 1. The molecule has 0 spiro atoms. The van der Waals surface area contributed by atoms with Crippen LogP contribution in [0.25, 0.3) is 0 Å². The Hall–Kier alpha value is -3.84. The number of ketones is 2. The molecule has 37 heavy (non-hydrogen) atoms. The van der Waals surface area contributed by atoms with Crippen LogP contribution < -0.4 is 0 Å². The summed E-state index contributed by atoms with van der Waals surface area (Å²) in [6.07, 6.45) is 0. The van der Waals surface area contributed by atoms with Crippen molar-refractivity contribution in [3.8, 4) is 0 Å². The molecule has 7 heteroatoms. The standard InChI is InChI=1S/C30H26BrNO5/c1-4-36-29(35)30(18-31)24(27(34)22-16-9-6-10-17-22)23(26(33)21-14-7-5-8-15-21)28(37-30)32-25-19(2)12-11-13-20(25)3/h5-17H,4,18H2,1-3H3. The molecule has 1 unspecified atom stereocenters. The number of carbonyl (C=O) groups is 3. The molecular formula is C30H26BrNO5. The number of carbonyl (C=O) groups excluding carboxylic acids is 3. The normalized spacial score (nSPS) is 18.0. The lowest BCUT2D eigenvalue weighted by Crippen LogP contribution is -2.46. The zero-order valence-corrected chi connectivity index (χ0v) is 22.4. The number of alkyl halides is 1. The maximum absolute atomic E-state index is 14.0. The Kier molecular flexibility index (Phi) is 7.83. The SMILES string of the molecule is CCOC(=O)C1(CBr)OC(=Nc2c(C)cccc2C)C(C(=O)c2ccccc2)=C1C(=O)c1ccccc1. The van der Waals surface area contributed by atoms with Crippen molar-refractivity contribution in [1.82, 2.24) is 0 Å². The predicted molar refractivity (Wildman–Crippen MR) is 146 cm³/mol. The van der Waals surface area contributed by atoms with Gasteiger partial charge < -0.3 is 9.47 Å². The zero-order valence-electron chi connectivity index (χ0n) is 20.8. The minimum absolute atomic E-state index is 0.0600. The molecule has 0 saturated carbocycles. The van der Waals surface area contributed by atoms with Crippen molar-refractivity contribution >= 4 is 45.1 Å². The van der Waals surface area contributed by atoms with Gasteiger partial charge in [0.2, 0.25) is 11.5 Å². The monoisotopic (exact) mass is 559 g/mol. The first-order valence-corrected chi connectivity index (χ1v) is 13.0. The van der Waals surface area contributed by atoms with Crippen LogP contribution in [-0.4, -0.2) is 41.0 Å². The number of benzene rings is 3. The third-order valence-corrected chi connectivity index (χ3v) is 6.90. The molecule has 3 aromatic carbocycles. The van der Waals surface area contributed by atoms with E-state index >= 15 is 0 Å². The second-order valence-electron chi connectivity index (χ2n) is 8.58. The van der Waals surface area contributed by atoms with Gasteiger partial charge in [0.05, 0.1) is 28.8 Å². The minimum atomic E-state index is -1.90. The number of aryl methyl sites for hydroxylation is 2. The van der Waals surface area contributed by atoms with Gasteiger partial charge in [0.25, 0.3) is 0 Å². The molecule has 1 aliphatic rings. The molecule has 0 radical (unpaired) electrons. The van der Waals surface area contributed by atoms with Gasteiger partial charge in [-0.15, -0.1) is 0 Å². The van der Waals surface area contributed by atoms with Crippen LogP contribution in [0, 0.1) is 13.8 Å². The van der Waals surface area contributed by atoms with E-state index < -0.39 is 23.1 Å². The van der Waals surface area contributed by atoms with E-state index in [1.807, 2.05) is 32.0 Å². The fraction of sp³-hybridized carbons (Fsp3) is 0.200. The second-order valence-corrected chi connectivity index (χ2v) is 9.14. The first-order chi connectivity index (χ1) is 17.8. The molecule has 1 aliphatic heterocycles. The second kappa shape index (κ2) is 11.0. The summed E-state index contributed by atoms with van der Waals surface area (Å²) in [5.41, 5.74) is 0.875. The van der Waals surface area contributed by atoms with Gasteiger partial charge in [-0.25, -0.2) is 9.79 Å². The molecule has 0 saturated heterocycles. The van der Waals surface area contributed by atoms with Crippen molar-refractivity contribution in [1.29, 1.82) is 0 Å². The highest BCUT2D eigenvalue weighted by Crippen LogP contribution is 2.41. The molecule has 1 heterocycles.